The fourth-order valence-electron chi connectivity index (χ4n) is 6.67. The predicted octanol–water partition coefficient (Wildman–Crippen LogP) is 8.34. The van der Waals surface area contributed by atoms with Gasteiger partial charge >= 0.3 is 0 Å². The van der Waals surface area contributed by atoms with Gasteiger partial charge in [0.1, 0.15) is 17.1 Å². The molecule has 0 saturated heterocycles. The van der Waals surface area contributed by atoms with Crippen LogP contribution in [0.15, 0.2) is 60.7 Å². The summed E-state index contributed by atoms with van der Waals surface area (Å²) in [7, 11) is -2.17. The Morgan fingerprint density at radius 3 is 1.97 bits per heavy atom. The summed E-state index contributed by atoms with van der Waals surface area (Å²) >= 11 is 0. The molecule has 0 aromatic heterocycles. The van der Waals surface area contributed by atoms with E-state index in [1.54, 1.807) is 18.2 Å². The molecular weight excluding hydrogens is 490 g/mol. The molecule has 2 amide bonds. The molecule has 3 aromatic rings. The Bertz CT molecular complexity index is 1400. The van der Waals surface area contributed by atoms with E-state index in [1.807, 2.05) is 56.3 Å². The first-order valence-corrected chi connectivity index (χ1v) is 15.7. The first-order valence-electron chi connectivity index (χ1n) is 13.5. The molecule has 198 valence electrons. The maximum Gasteiger partial charge on any atom is 0.266 e. The Morgan fingerprint density at radius 1 is 0.763 bits per heavy atom. The van der Waals surface area contributed by atoms with Crippen molar-refractivity contribution in [2.45, 2.75) is 77.6 Å². The van der Waals surface area contributed by atoms with E-state index >= 15 is 0 Å². The molecule has 0 spiro atoms. The van der Waals surface area contributed by atoms with Crippen LogP contribution < -0.4 is 14.1 Å². The molecule has 5 rings (SSSR count). The van der Waals surface area contributed by atoms with Gasteiger partial charge < -0.3 is 9.16 Å². The van der Waals surface area contributed by atoms with E-state index < -0.39 is 13.9 Å². The van der Waals surface area contributed by atoms with E-state index in [0.29, 0.717) is 39.2 Å². The SMILES string of the molecule is CC(C)[Si](Oc1ccc2c(c1)OC(C)(C)c1ccc3c(c1-2)C(=O)N(c1ccccc1)C3=O)(C(C)C)C(C)C. The molecule has 0 aliphatic carbocycles. The number of ether oxygens (including phenoxy) is 1. The number of fused-ring (bicyclic) bond motifs is 5. The molecule has 2 aliphatic rings. The van der Waals surface area contributed by atoms with Crippen molar-refractivity contribution in [3.8, 4) is 22.6 Å². The molecule has 0 bridgehead atoms. The monoisotopic (exact) mass is 527 g/mol. The molecule has 2 aliphatic heterocycles. The van der Waals surface area contributed by atoms with Crippen LogP contribution in [0.2, 0.25) is 16.6 Å². The largest absolute Gasteiger partial charge is 0.543 e. The normalized spacial score (nSPS) is 16.0. The summed E-state index contributed by atoms with van der Waals surface area (Å²) in [4.78, 5) is 28.5. The van der Waals surface area contributed by atoms with Gasteiger partial charge in [0.2, 0.25) is 0 Å². The highest BCUT2D eigenvalue weighted by molar-refractivity contribution is 6.78. The molecule has 0 unspecified atom stereocenters. The minimum atomic E-state index is -2.17. The maximum atomic E-state index is 13.8. The zero-order valence-electron chi connectivity index (χ0n) is 23.6. The fourth-order valence-corrected chi connectivity index (χ4v) is 11.9. The number of para-hydroxylation sites is 1. The van der Waals surface area contributed by atoms with E-state index in [0.717, 1.165) is 22.4 Å². The van der Waals surface area contributed by atoms with E-state index in [9.17, 15) is 9.59 Å². The van der Waals surface area contributed by atoms with E-state index in [4.69, 9.17) is 9.16 Å². The molecule has 0 N–H and O–H groups in total. The number of benzene rings is 3. The second kappa shape index (κ2) is 9.12. The van der Waals surface area contributed by atoms with Gasteiger partial charge in [-0.25, -0.2) is 4.90 Å². The summed E-state index contributed by atoms with van der Waals surface area (Å²) < 4.78 is 13.5. The van der Waals surface area contributed by atoms with Gasteiger partial charge in [-0.05, 0) is 60.8 Å². The van der Waals surface area contributed by atoms with Gasteiger partial charge in [-0.1, -0.05) is 65.8 Å². The van der Waals surface area contributed by atoms with Crippen LogP contribution in [0.3, 0.4) is 0 Å². The summed E-state index contributed by atoms with van der Waals surface area (Å²) in [5.74, 6) is 0.867. The lowest BCUT2D eigenvalue weighted by atomic mass is 9.82. The van der Waals surface area contributed by atoms with Gasteiger partial charge in [0, 0.05) is 22.8 Å². The minimum absolute atomic E-state index is 0.300. The number of nitrogens with zero attached hydrogens (tertiary/aromatic N) is 1. The zero-order chi connectivity index (χ0) is 27.6. The van der Waals surface area contributed by atoms with Gasteiger partial charge in [0.05, 0.1) is 16.8 Å². The highest BCUT2D eigenvalue weighted by Crippen LogP contribution is 2.51. The molecule has 3 aromatic carbocycles. The Balaban J connectivity index is 1.65. The van der Waals surface area contributed by atoms with E-state index in [-0.39, 0.29) is 11.8 Å². The van der Waals surface area contributed by atoms with Gasteiger partial charge in [0.15, 0.2) is 0 Å². The zero-order valence-corrected chi connectivity index (χ0v) is 24.6. The Morgan fingerprint density at radius 2 is 1.37 bits per heavy atom. The Hall–Kier alpha value is -3.38. The van der Waals surface area contributed by atoms with Crippen molar-refractivity contribution in [2.24, 2.45) is 0 Å². The number of amides is 2. The summed E-state index contributed by atoms with van der Waals surface area (Å²) in [6.45, 7) is 17.6. The number of carbonyl (C=O) groups is 2. The lowest BCUT2D eigenvalue weighted by Gasteiger charge is -2.42. The topological polar surface area (TPSA) is 55.8 Å². The van der Waals surface area contributed by atoms with Crippen LogP contribution in [-0.2, 0) is 5.60 Å². The average molecular weight is 528 g/mol. The summed E-state index contributed by atoms with van der Waals surface area (Å²) in [6.07, 6.45) is 0. The number of imide groups is 1. The predicted molar refractivity (Wildman–Crippen MR) is 155 cm³/mol. The van der Waals surface area contributed by atoms with Gasteiger partial charge in [-0.15, -0.1) is 0 Å². The van der Waals surface area contributed by atoms with E-state index in [2.05, 4.69) is 41.5 Å². The molecule has 5 nitrogen and oxygen atoms in total. The molecule has 0 fully saturated rings. The highest BCUT2D eigenvalue weighted by atomic mass is 28.4. The van der Waals surface area contributed by atoms with Crippen molar-refractivity contribution >= 4 is 25.8 Å². The molecule has 38 heavy (non-hydrogen) atoms. The lowest BCUT2D eigenvalue weighted by molar-refractivity contribution is 0.0926. The third kappa shape index (κ3) is 3.80. The van der Waals surface area contributed by atoms with Crippen LogP contribution in [-0.4, -0.2) is 20.1 Å². The third-order valence-electron chi connectivity index (χ3n) is 8.31. The summed E-state index contributed by atoms with van der Waals surface area (Å²) in [5, 5.41) is 0. The van der Waals surface area contributed by atoms with Crippen LogP contribution in [0, 0.1) is 0 Å². The smallest absolute Gasteiger partial charge is 0.266 e. The van der Waals surface area contributed by atoms with Crippen molar-refractivity contribution < 1.29 is 18.8 Å². The van der Waals surface area contributed by atoms with Crippen LogP contribution >= 0.6 is 0 Å². The Kier molecular flexibility index (Phi) is 6.30. The lowest BCUT2D eigenvalue weighted by Crippen LogP contribution is -2.50. The number of hydrogen-bond donors (Lipinski definition) is 0. The summed E-state index contributed by atoms with van der Waals surface area (Å²) in [5.41, 5.74) is 4.53. The van der Waals surface area contributed by atoms with Crippen molar-refractivity contribution in [1.82, 2.24) is 0 Å². The standard InChI is InChI=1S/C32H37NO4Si/c1-19(2)38(20(3)4,21(5)6)37-23-14-15-24-27(18-23)36-32(7,8)26-17-16-25-29(28(24)26)31(35)33(30(25)34)22-12-10-9-11-13-22/h9-21H,1-8H3. The van der Waals surface area contributed by atoms with Crippen LogP contribution in [0.1, 0.15) is 81.7 Å². The van der Waals surface area contributed by atoms with Crippen molar-refractivity contribution in [3.05, 3.63) is 77.4 Å². The highest BCUT2D eigenvalue weighted by Gasteiger charge is 2.48. The molecule has 0 saturated carbocycles. The van der Waals surface area contributed by atoms with Gasteiger partial charge in [0.25, 0.3) is 20.1 Å². The number of anilines is 1. The second-order valence-corrected chi connectivity index (χ2v) is 17.3. The first-order chi connectivity index (χ1) is 17.9. The van der Waals surface area contributed by atoms with Crippen LogP contribution in [0.5, 0.6) is 11.5 Å². The first kappa shape index (κ1) is 26.2. The third-order valence-corrected chi connectivity index (χ3v) is 14.3. The molecule has 2 heterocycles. The second-order valence-electron chi connectivity index (χ2n) is 11.9. The van der Waals surface area contributed by atoms with Crippen molar-refractivity contribution in [1.29, 1.82) is 0 Å². The van der Waals surface area contributed by atoms with Gasteiger partial charge in [-0.3, -0.25) is 9.59 Å². The number of carbonyl (C=O) groups excluding carboxylic acids is 2. The van der Waals surface area contributed by atoms with Gasteiger partial charge in [-0.2, -0.15) is 0 Å². The van der Waals surface area contributed by atoms with Crippen molar-refractivity contribution in [3.63, 3.8) is 0 Å². The van der Waals surface area contributed by atoms with E-state index in [1.165, 1.54) is 4.90 Å². The Labute approximate surface area is 226 Å². The minimum Gasteiger partial charge on any atom is -0.543 e. The molecule has 0 atom stereocenters. The summed E-state index contributed by atoms with van der Waals surface area (Å²) in [6, 6.07) is 18.7. The number of hydrogen-bond acceptors (Lipinski definition) is 4. The molecule has 6 heteroatoms. The van der Waals surface area contributed by atoms with Crippen LogP contribution in [0.25, 0.3) is 11.1 Å². The fraction of sp³-hybridized carbons (Fsp3) is 0.375. The molecule has 0 radical (unpaired) electrons. The maximum absolute atomic E-state index is 13.8. The molecular formula is C32H37NO4Si. The quantitative estimate of drug-likeness (QED) is 0.239. The van der Waals surface area contributed by atoms with Crippen LogP contribution in [0.4, 0.5) is 5.69 Å². The average Bonchev–Trinajstić information content (AvgIpc) is 3.11. The van der Waals surface area contributed by atoms with Crippen molar-refractivity contribution in [2.75, 3.05) is 4.90 Å². The number of rotatable bonds is 6.